The molecular weight excluding hydrogens is 436 g/mol. The summed E-state index contributed by atoms with van der Waals surface area (Å²) in [5.41, 5.74) is -1.49. The van der Waals surface area contributed by atoms with Gasteiger partial charge in [-0.2, -0.15) is 0 Å². The SMILES string of the molecule is CC12CCC(C(=O)NCc3ccco3)(C/C1=N\OC(=O)c1cc3ccccc3oc1=O)C2(C)C. The van der Waals surface area contributed by atoms with Gasteiger partial charge in [0.05, 0.1) is 23.9 Å². The molecule has 2 bridgehead atoms. The first-order valence-electron chi connectivity index (χ1n) is 11.3. The molecule has 2 unspecified atom stereocenters. The van der Waals surface area contributed by atoms with Crippen LogP contribution in [0.25, 0.3) is 11.0 Å². The summed E-state index contributed by atoms with van der Waals surface area (Å²) in [7, 11) is 0. The maximum absolute atomic E-state index is 13.4. The van der Waals surface area contributed by atoms with Crippen LogP contribution in [0.4, 0.5) is 0 Å². The molecule has 5 rings (SSSR count). The molecule has 1 N–H and O–H groups in total. The van der Waals surface area contributed by atoms with Gasteiger partial charge < -0.3 is 19.0 Å². The van der Waals surface area contributed by atoms with E-state index in [2.05, 4.69) is 31.2 Å². The first-order chi connectivity index (χ1) is 16.2. The van der Waals surface area contributed by atoms with Crippen molar-refractivity contribution in [2.75, 3.05) is 0 Å². The average molecular weight is 463 g/mol. The van der Waals surface area contributed by atoms with E-state index in [0.717, 1.165) is 6.42 Å². The van der Waals surface area contributed by atoms with E-state index < -0.39 is 27.8 Å². The minimum atomic E-state index is -0.882. The number of hydrogen-bond acceptors (Lipinski definition) is 7. The fourth-order valence-electron chi connectivity index (χ4n) is 5.62. The summed E-state index contributed by atoms with van der Waals surface area (Å²) in [6, 6.07) is 12.0. The van der Waals surface area contributed by atoms with Crippen LogP contribution in [0.1, 0.15) is 56.2 Å². The Bertz CT molecular complexity index is 1370. The molecule has 0 saturated heterocycles. The second-order valence-corrected chi connectivity index (χ2v) is 9.88. The van der Waals surface area contributed by atoms with Gasteiger partial charge in [0.15, 0.2) is 0 Å². The van der Waals surface area contributed by atoms with Gasteiger partial charge in [0.25, 0.3) is 0 Å². The summed E-state index contributed by atoms with van der Waals surface area (Å²) in [4.78, 5) is 43.6. The summed E-state index contributed by atoms with van der Waals surface area (Å²) >= 11 is 0. The number of nitrogens with zero attached hydrogens (tertiary/aromatic N) is 1. The number of hydrogen-bond donors (Lipinski definition) is 1. The number of nitrogens with one attached hydrogen (secondary N) is 1. The van der Waals surface area contributed by atoms with Crippen LogP contribution in [0.5, 0.6) is 0 Å². The number of carbonyl (C=O) groups is 2. The highest BCUT2D eigenvalue weighted by Crippen LogP contribution is 2.71. The maximum Gasteiger partial charge on any atom is 0.373 e. The van der Waals surface area contributed by atoms with Gasteiger partial charge in [0.2, 0.25) is 5.91 Å². The molecule has 2 heterocycles. The molecule has 1 amide bonds. The van der Waals surface area contributed by atoms with Gasteiger partial charge >= 0.3 is 11.6 Å². The Labute approximate surface area is 195 Å². The van der Waals surface area contributed by atoms with E-state index in [-0.39, 0.29) is 11.5 Å². The Morgan fingerprint density at radius 2 is 1.91 bits per heavy atom. The van der Waals surface area contributed by atoms with Crippen LogP contribution in [0.3, 0.4) is 0 Å². The minimum absolute atomic E-state index is 0.0654. The van der Waals surface area contributed by atoms with Crippen LogP contribution in [-0.4, -0.2) is 17.6 Å². The molecule has 0 spiro atoms. The van der Waals surface area contributed by atoms with Gasteiger partial charge in [0, 0.05) is 17.2 Å². The molecule has 2 fully saturated rings. The fraction of sp³-hybridized carbons (Fsp3) is 0.385. The summed E-state index contributed by atoms with van der Waals surface area (Å²) in [6.07, 6.45) is 3.39. The molecule has 2 atom stereocenters. The van der Waals surface area contributed by atoms with Crippen molar-refractivity contribution in [3.8, 4) is 0 Å². The van der Waals surface area contributed by atoms with Gasteiger partial charge in [-0.15, -0.1) is 0 Å². The second-order valence-electron chi connectivity index (χ2n) is 9.88. The molecule has 176 valence electrons. The standard InChI is InChI=1S/C26H26N2O6/c1-24(2)25(3)10-11-26(24,23(31)27-15-17-8-6-12-32-17)14-20(25)28-34-22(30)18-13-16-7-4-5-9-19(16)33-21(18)29/h4-9,12-13H,10-11,14-15H2,1-3H3,(H,27,31)/b28-20+. The Balaban J connectivity index is 1.39. The minimum Gasteiger partial charge on any atom is -0.467 e. The topological polar surface area (TPSA) is 111 Å². The molecule has 3 aromatic rings. The monoisotopic (exact) mass is 462 g/mol. The Hall–Kier alpha value is -3.68. The molecule has 2 aromatic heterocycles. The first kappa shape index (κ1) is 22.1. The predicted octanol–water partition coefficient (Wildman–Crippen LogP) is 4.43. The van der Waals surface area contributed by atoms with E-state index in [1.54, 1.807) is 36.6 Å². The van der Waals surface area contributed by atoms with Crippen LogP contribution < -0.4 is 10.9 Å². The van der Waals surface area contributed by atoms with E-state index in [0.29, 0.717) is 41.8 Å². The lowest BCUT2D eigenvalue weighted by atomic mass is 9.64. The molecule has 34 heavy (non-hydrogen) atoms. The number of fused-ring (bicyclic) bond motifs is 3. The van der Waals surface area contributed by atoms with E-state index in [4.69, 9.17) is 13.7 Å². The van der Waals surface area contributed by atoms with Crippen molar-refractivity contribution in [1.82, 2.24) is 5.32 Å². The molecule has 8 heteroatoms. The quantitative estimate of drug-likeness (QED) is 0.341. The van der Waals surface area contributed by atoms with Gasteiger partial charge in [-0.25, -0.2) is 9.59 Å². The molecule has 0 aliphatic heterocycles. The van der Waals surface area contributed by atoms with E-state index in [1.807, 2.05) is 6.07 Å². The highest BCUT2D eigenvalue weighted by atomic mass is 16.7. The number of rotatable bonds is 5. The predicted molar refractivity (Wildman–Crippen MR) is 124 cm³/mol. The number of amides is 1. The third-order valence-electron chi connectivity index (χ3n) is 8.27. The van der Waals surface area contributed by atoms with Gasteiger partial charge in [-0.3, -0.25) is 4.79 Å². The van der Waals surface area contributed by atoms with Crippen LogP contribution in [0, 0.1) is 16.2 Å². The lowest BCUT2D eigenvalue weighted by molar-refractivity contribution is -0.136. The van der Waals surface area contributed by atoms with Crippen molar-refractivity contribution >= 4 is 28.6 Å². The normalized spacial score (nSPS) is 26.1. The van der Waals surface area contributed by atoms with E-state index >= 15 is 0 Å². The zero-order chi connectivity index (χ0) is 24.1. The lowest BCUT2D eigenvalue weighted by Crippen LogP contribution is -2.46. The van der Waals surface area contributed by atoms with Crippen LogP contribution in [-0.2, 0) is 16.2 Å². The third-order valence-corrected chi connectivity index (χ3v) is 8.27. The van der Waals surface area contributed by atoms with Crippen molar-refractivity contribution < 1.29 is 23.3 Å². The zero-order valence-electron chi connectivity index (χ0n) is 19.3. The molecule has 1 aromatic carbocycles. The fourth-order valence-corrected chi connectivity index (χ4v) is 5.62. The molecule has 2 aliphatic carbocycles. The summed E-state index contributed by atoms with van der Waals surface area (Å²) in [6.45, 7) is 6.49. The number of oxime groups is 1. The first-order valence-corrected chi connectivity index (χ1v) is 11.3. The number of furan rings is 1. The third kappa shape index (κ3) is 3.12. The molecular formula is C26H26N2O6. The summed E-state index contributed by atoms with van der Waals surface area (Å²) in [5, 5.41) is 7.81. The molecule has 0 radical (unpaired) electrons. The van der Waals surface area contributed by atoms with E-state index in [1.165, 1.54) is 6.07 Å². The molecule has 2 saturated carbocycles. The number of benzene rings is 1. The van der Waals surface area contributed by atoms with Gasteiger partial charge in [-0.05, 0) is 42.5 Å². The maximum atomic E-state index is 13.4. The van der Waals surface area contributed by atoms with Crippen molar-refractivity contribution in [3.63, 3.8) is 0 Å². The van der Waals surface area contributed by atoms with Crippen LogP contribution >= 0.6 is 0 Å². The Morgan fingerprint density at radius 3 is 2.68 bits per heavy atom. The van der Waals surface area contributed by atoms with Gasteiger partial charge in [0.1, 0.15) is 16.9 Å². The molecule has 8 nitrogen and oxygen atoms in total. The molecule has 2 aliphatic rings. The van der Waals surface area contributed by atoms with Crippen LogP contribution in [0.15, 0.2) is 67.5 Å². The number of para-hydroxylation sites is 1. The smallest absolute Gasteiger partial charge is 0.373 e. The largest absolute Gasteiger partial charge is 0.467 e. The van der Waals surface area contributed by atoms with E-state index in [9.17, 15) is 14.4 Å². The van der Waals surface area contributed by atoms with Crippen molar-refractivity contribution in [3.05, 3.63) is 70.5 Å². The van der Waals surface area contributed by atoms with Crippen LogP contribution in [0.2, 0.25) is 0 Å². The van der Waals surface area contributed by atoms with Crippen molar-refractivity contribution in [2.24, 2.45) is 21.4 Å². The highest BCUT2D eigenvalue weighted by Gasteiger charge is 2.71. The Kier molecular flexibility index (Phi) is 5.00. The zero-order valence-corrected chi connectivity index (χ0v) is 19.3. The average Bonchev–Trinajstić information content (AvgIpc) is 3.45. The van der Waals surface area contributed by atoms with Crippen molar-refractivity contribution in [1.29, 1.82) is 0 Å². The second kappa shape index (κ2) is 7.68. The lowest BCUT2D eigenvalue weighted by Gasteiger charge is -2.39. The number of carbonyl (C=O) groups excluding carboxylic acids is 2. The Morgan fingerprint density at radius 1 is 1.12 bits per heavy atom. The highest BCUT2D eigenvalue weighted by molar-refractivity contribution is 6.03. The van der Waals surface area contributed by atoms with Crippen molar-refractivity contribution in [2.45, 2.75) is 46.6 Å². The summed E-state index contributed by atoms with van der Waals surface area (Å²) in [5.74, 6) is -0.268. The summed E-state index contributed by atoms with van der Waals surface area (Å²) < 4.78 is 10.6. The van der Waals surface area contributed by atoms with Gasteiger partial charge in [-0.1, -0.05) is 44.1 Å².